The largest absolute Gasteiger partial charge is 0.330 e. The van der Waals surface area contributed by atoms with Crippen molar-refractivity contribution in [1.82, 2.24) is 0 Å². The number of anilines is 2. The number of fused-ring (bicyclic) bond motifs is 2. The first kappa shape index (κ1) is 13.7. The molecule has 2 heteroatoms. The Morgan fingerprint density at radius 3 is 2.14 bits per heavy atom. The molecule has 110 valence electrons. The average molecular weight is 305 g/mol. The molecule has 1 aliphatic carbocycles. The Kier molecular flexibility index (Phi) is 3.34. The molecular weight excluding hydrogens is 286 g/mol. The SMILES string of the molecule is CCC1(N2c3ccccc3Sc3ccccc32)C=CC=CC1. The molecule has 1 atom stereocenters. The van der Waals surface area contributed by atoms with E-state index in [1.807, 2.05) is 11.8 Å². The standard InChI is InChI=1S/C20H19NS/c1-2-20(14-8-3-9-15-20)21-16-10-4-6-12-18(16)22-19-13-7-5-11-17(19)21/h3-14H,2,15H2,1H3. The van der Waals surface area contributed by atoms with Gasteiger partial charge in [0.25, 0.3) is 0 Å². The Bertz CT molecular complexity index is 716. The van der Waals surface area contributed by atoms with Crippen LogP contribution in [0.25, 0.3) is 0 Å². The molecule has 0 spiro atoms. The topological polar surface area (TPSA) is 3.24 Å². The van der Waals surface area contributed by atoms with Gasteiger partial charge in [-0.05, 0) is 37.1 Å². The molecule has 22 heavy (non-hydrogen) atoms. The number of hydrogen-bond donors (Lipinski definition) is 0. The molecule has 1 nitrogen and oxygen atoms in total. The van der Waals surface area contributed by atoms with Gasteiger partial charge in [0.2, 0.25) is 0 Å². The van der Waals surface area contributed by atoms with Gasteiger partial charge in [0.05, 0.1) is 16.9 Å². The van der Waals surface area contributed by atoms with E-state index >= 15 is 0 Å². The summed E-state index contributed by atoms with van der Waals surface area (Å²) in [4.78, 5) is 5.24. The fraction of sp³-hybridized carbons (Fsp3) is 0.200. The highest BCUT2D eigenvalue weighted by molar-refractivity contribution is 7.99. The van der Waals surface area contributed by atoms with E-state index < -0.39 is 0 Å². The van der Waals surface area contributed by atoms with Crippen LogP contribution in [-0.4, -0.2) is 5.54 Å². The molecule has 1 aliphatic heterocycles. The molecule has 0 saturated heterocycles. The molecule has 0 aromatic heterocycles. The maximum absolute atomic E-state index is 2.55. The van der Waals surface area contributed by atoms with Crippen molar-refractivity contribution in [3.05, 3.63) is 72.8 Å². The lowest BCUT2D eigenvalue weighted by molar-refractivity contribution is 0.495. The van der Waals surface area contributed by atoms with Gasteiger partial charge in [-0.15, -0.1) is 0 Å². The maximum atomic E-state index is 2.55. The summed E-state index contributed by atoms with van der Waals surface area (Å²) in [5.74, 6) is 0. The number of para-hydroxylation sites is 2. The highest BCUT2D eigenvalue weighted by atomic mass is 32.2. The second-order valence-corrected chi connectivity index (χ2v) is 6.91. The van der Waals surface area contributed by atoms with Crippen molar-refractivity contribution in [3.8, 4) is 0 Å². The monoisotopic (exact) mass is 305 g/mol. The molecule has 2 aromatic rings. The summed E-state index contributed by atoms with van der Waals surface area (Å²) in [5.41, 5.74) is 2.68. The Morgan fingerprint density at radius 1 is 0.955 bits per heavy atom. The number of nitrogens with zero attached hydrogens (tertiary/aromatic N) is 1. The van der Waals surface area contributed by atoms with Crippen LogP contribution in [0.5, 0.6) is 0 Å². The minimum absolute atomic E-state index is 0.0297. The molecule has 0 radical (unpaired) electrons. The van der Waals surface area contributed by atoms with Crippen LogP contribution in [0.4, 0.5) is 11.4 Å². The molecule has 0 saturated carbocycles. The third-order valence-corrected chi connectivity index (χ3v) is 5.75. The molecule has 0 amide bonds. The van der Waals surface area contributed by atoms with Gasteiger partial charge in [0.15, 0.2) is 0 Å². The van der Waals surface area contributed by atoms with Crippen molar-refractivity contribution in [2.24, 2.45) is 0 Å². The lowest BCUT2D eigenvalue weighted by atomic mass is 9.85. The first-order valence-electron chi connectivity index (χ1n) is 7.84. The Hall–Kier alpha value is -1.93. The number of hydrogen-bond acceptors (Lipinski definition) is 2. The molecule has 0 N–H and O–H groups in total. The van der Waals surface area contributed by atoms with E-state index in [0.717, 1.165) is 12.8 Å². The molecule has 2 aromatic carbocycles. The van der Waals surface area contributed by atoms with Crippen molar-refractivity contribution in [3.63, 3.8) is 0 Å². The fourth-order valence-electron chi connectivity index (χ4n) is 3.42. The smallest absolute Gasteiger partial charge is 0.0669 e. The highest BCUT2D eigenvalue weighted by Gasteiger charge is 2.38. The summed E-state index contributed by atoms with van der Waals surface area (Å²) >= 11 is 1.88. The maximum Gasteiger partial charge on any atom is 0.0669 e. The van der Waals surface area contributed by atoms with Crippen molar-refractivity contribution >= 4 is 23.1 Å². The summed E-state index contributed by atoms with van der Waals surface area (Å²) in [6.07, 6.45) is 11.1. The second kappa shape index (κ2) is 5.36. The van der Waals surface area contributed by atoms with E-state index in [1.165, 1.54) is 21.2 Å². The lowest BCUT2D eigenvalue weighted by Gasteiger charge is -2.46. The van der Waals surface area contributed by atoms with Crippen molar-refractivity contribution in [1.29, 1.82) is 0 Å². The second-order valence-electron chi connectivity index (χ2n) is 5.82. The van der Waals surface area contributed by atoms with Crippen molar-refractivity contribution < 1.29 is 0 Å². The van der Waals surface area contributed by atoms with E-state index in [4.69, 9.17) is 0 Å². The minimum Gasteiger partial charge on any atom is -0.330 e. The Labute approximate surface area is 136 Å². The summed E-state index contributed by atoms with van der Waals surface area (Å²) in [5, 5.41) is 0. The molecule has 2 aliphatic rings. The van der Waals surface area contributed by atoms with Crippen LogP contribution in [0.1, 0.15) is 19.8 Å². The van der Waals surface area contributed by atoms with Crippen LogP contribution >= 0.6 is 11.8 Å². The third kappa shape index (κ3) is 2.02. The predicted octanol–water partition coefficient (Wildman–Crippen LogP) is 5.95. The average Bonchev–Trinajstić information content (AvgIpc) is 2.60. The van der Waals surface area contributed by atoms with Crippen LogP contribution in [-0.2, 0) is 0 Å². The van der Waals surface area contributed by atoms with Crippen LogP contribution in [0.2, 0.25) is 0 Å². The Morgan fingerprint density at radius 2 is 1.59 bits per heavy atom. The van der Waals surface area contributed by atoms with E-state index in [0.29, 0.717) is 0 Å². The van der Waals surface area contributed by atoms with Crippen molar-refractivity contribution in [2.45, 2.75) is 35.1 Å². The summed E-state index contributed by atoms with van der Waals surface area (Å²) in [7, 11) is 0. The van der Waals surface area contributed by atoms with Gasteiger partial charge in [-0.3, -0.25) is 0 Å². The molecule has 1 unspecified atom stereocenters. The first-order valence-corrected chi connectivity index (χ1v) is 8.66. The van der Waals surface area contributed by atoms with E-state index in [-0.39, 0.29) is 5.54 Å². The van der Waals surface area contributed by atoms with Gasteiger partial charge < -0.3 is 4.90 Å². The molecule has 0 bridgehead atoms. The zero-order valence-corrected chi connectivity index (χ0v) is 13.5. The third-order valence-electron chi connectivity index (χ3n) is 4.61. The van der Waals surface area contributed by atoms with E-state index in [2.05, 4.69) is 84.7 Å². The van der Waals surface area contributed by atoms with Crippen LogP contribution < -0.4 is 4.90 Å². The molecule has 1 heterocycles. The summed E-state index contributed by atoms with van der Waals surface area (Å²) < 4.78 is 0. The van der Waals surface area contributed by atoms with Gasteiger partial charge >= 0.3 is 0 Å². The number of rotatable bonds is 2. The van der Waals surface area contributed by atoms with Gasteiger partial charge in [-0.25, -0.2) is 0 Å². The van der Waals surface area contributed by atoms with Gasteiger partial charge in [0.1, 0.15) is 0 Å². The molecular formula is C20H19NS. The Balaban J connectivity index is 1.95. The normalized spacial score (nSPS) is 22.3. The fourth-order valence-corrected chi connectivity index (χ4v) is 4.48. The van der Waals surface area contributed by atoms with Crippen LogP contribution in [0.3, 0.4) is 0 Å². The zero-order valence-electron chi connectivity index (χ0n) is 12.7. The van der Waals surface area contributed by atoms with Crippen molar-refractivity contribution in [2.75, 3.05) is 4.90 Å². The first-order chi connectivity index (χ1) is 10.8. The minimum atomic E-state index is 0.0297. The molecule has 4 rings (SSSR count). The van der Waals surface area contributed by atoms with Gasteiger partial charge in [0, 0.05) is 9.79 Å². The highest BCUT2D eigenvalue weighted by Crippen LogP contribution is 2.52. The summed E-state index contributed by atoms with van der Waals surface area (Å²) in [6.45, 7) is 2.29. The molecule has 0 fully saturated rings. The number of benzene rings is 2. The van der Waals surface area contributed by atoms with Gasteiger partial charge in [-0.2, -0.15) is 0 Å². The lowest BCUT2D eigenvalue weighted by Crippen LogP contribution is -2.45. The zero-order chi connectivity index (χ0) is 15.0. The predicted molar refractivity (Wildman–Crippen MR) is 95.1 cm³/mol. The van der Waals surface area contributed by atoms with Gasteiger partial charge in [-0.1, -0.05) is 67.3 Å². The summed E-state index contributed by atoms with van der Waals surface area (Å²) in [6, 6.07) is 17.5. The van der Waals surface area contributed by atoms with E-state index in [9.17, 15) is 0 Å². The van der Waals surface area contributed by atoms with Crippen LogP contribution in [0, 0.1) is 0 Å². The van der Waals surface area contributed by atoms with E-state index in [1.54, 1.807) is 0 Å². The quantitative estimate of drug-likeness (QED) is 0.674. The number of allylic oxidation sites excluding steroid dienone is 2. The van der Waals surface area contributed by atoms with Crippen LogP contribution in [0.15, 0.2) is 82.6 Å².